The van der Waals surface area contributed by atoms with E-state index in [1.54, 1.807) is 4.90 Å². The van der Waals surface area contributed by atoms with Crippen molar-refractivity contribution in [2.24, 2.45) is 39.7 Å². The number of ether oxygens (including phenoxy) is 1. The molecule has 0 radical (unpaired) electrons. The fourth-order valence-electron chi connectivity index (χ4n) is 9.91. The number of hydrogen-bond acceptors (Lipinski definition) is 7. The first-order valence-corrected chi connectivity index (χ1v) is 16.8. The van der Waals surface area contributed by atoms with Crippen LogP contribution in [0.5, 0.6) is 0 Å². The zero-order valence-electron chi connectivity index (χ0n) is 26.2. The standard InChI is InChI=1S/C34H53N3O5/c1-24(36-42-32(40)37(20-21-41-23-38)19-15-26-9-4-5-18-35-26)29-12-13-31-28-10-6-8-25-22-27(39)14-17-33(25,2)30(28)11-7-16-34(29,31)3/h22-23,26,28-31,35H,4-21H2,1-3H3/b36-24+/t26?,28-,29-,30+,31+,33+,34-/m1/s1. The second kappa shape index (κ2) is 13.6. The van der Waals surface area contributed by atoms with Crippen molar-refractivity contribution in [1.82, 2.24) is 10.2 Å². The lowest BCUT2D eigenvalue weighted by Crippen LogP contribution is -2.41. The van der Waals surface area contributed by atoms with Gasteiger partial charge in [0, 0.05) is 24.9 Å². The molecule has 0 spiro atoms. The number of oxime groups is 1. The van der Waals surface area contributed by atoms with E-state index in [0.717, 1.165) is 44.4 Å². The summed E-state index contributed by atoms with van der Waals surface area (Å²) in [6.45, 7) is 9.41. The highest BCUT2D eigenvalue weighted by Crippen LogP contribution is 2.64. The lowest BCUT2D eigenvalue weighted by Gasteiger charge is -2.46. The summed E-state index contributed by atoms with van der Waals surface area (Å²) in [4.78, 5) is 43.4. The van der Waals surface area contributed by atoms with E-state index >= 15 is 0 Å². The molecule has 1 unspecified atom stereocenters. The molecular formula is C34H53N3O5. The van der Waals surface area contributed by atoms with Gasteiger partial charge in [-0.25, -0.2) is 4.79 Å². The van der Waals surface area contributed by atoms with Crippen LogP contribution >= 0.6 is 0 Å². The van der Waals surface area contributed by atoms with Crippen LogP contribution in [0.2, 0.25) is 0 Å². The van der Waals surface area contributed by atoms with Crippen LogP contribution in [-0.2, 0) is 19.2 Å². The summed E-state index contributed by atoms with van der Waals surface area (Å²) >= 11 is 0. The van der Waals surface area contributed by atoms with E-state index in [4.69, 9.17) is 9.57 Å². The third kappa shape index (κ3) is 6.48. The van der Waals surface area contributed by atoms with Crippen LogP contribution in [0, 0.1) is 34.5 Å². The number of fused-ring (bicyclic) bond motifs is 5. The van der Waals surface area contributed by atoms with Crippen molar-refractivity contribution in [2.75, 3.05) is 26.2 Å². The predicted molar refractivity (Wildman–Crippen MR) is 163 cm³/mol. The van der Waals surface area contributed by atoms with E-state index in [2.05, 4.69) is 24.3 Å². The second-order valence-electron chi connectivity index (χ2n) is 14.3. The minimum atomic E-state index is -0.469. The molecule has 1 N–H and O–H groups in total. The van der Waals surface area contributed by atoms with Gasteiger partial charge in [0.25, 0.3) is 6.47 Å². The molecule has 4 aliphatic carbocycles. The molecule has 234 valence electrons. The van der Waals surface area contributed by atoms with Gasteiger partial charge in [0.15, 0.2) is 5.78 Å². The number of nitrogens with one attached hydrogen (secondary N) is 1. The minimum Gasteiger partial charge on any atom is -0.466 e. The SMILES string of the molecule is C/C(=N\OC(=O)N(CCOC=O)CCC1CCCCN1)[C@H]1CC[C@H]2[C@@H]3CCCC4=CC(=O)CC[C@]4(C)[C@H]3CCC[C@]12C. The number of piperidine rings is 1. The Morgan fingerprint density at radius 1 is 1.05 bits per heavy atom. The molecule has 5 rings (SSSR count). The van der Waals surface area contributed by atoms with Crippen molar-refractivity contribution in [3.63, 3.8) is 0 Å². The Labute approximate surface area is 252 Å². The molecule has 8 heteroatoms. The van der Waals surface area contributed by atoms with Gasteiger partial charge in [0.05, 0.1) is 12.3 Å². The Morgan fingerprint density at radius 3 is 2.69 bits per heavy atom. The molecule has 1 aliphatic heterocycles. The molecule has 3 saturated carbocycles. The van der Waals surface area contributed by atoms with E-state index in [0.29, 0.717) is 61.5 Å². The quantitative estimate of drug-likeness (QED) is 0.110. The van der Waals surface area contributed by atoms with Gasteiger partial charge in [0.1, 0.15) is 6.61 Å². The topological polar surface area (TPSA) is 97.3 Å². The number of hydrogen-bond donors (Lipinski definition) is 1. The van der Waals surface area contributed by atoms with Crippen LogP contribution < -0.4 is 5.32 Å². The highest BCUT2D eigenvalue weighted by atomic mass is 16.7. The summed E-state index contributed by atoms with van der Waals surface area (Å²) in [5.74, 6) is 2.56. The van der Waals surface area contributed by atoms with Crippen molar-refractivity contribution < 1.29 is 24.0 Å². The smallest absolute Gasteiger partial charge is 0.436 e. The molecule has 4 fully saturated rings. The summed E-state index contributed by atoms with van der Waals surface area (Å²) in [6.07, 6.45) is 17.0. The highest BCUT2D eigenvalue weighted by Gasteiger charge is 2.56. The first-order chi connectivity index (χ1) is 20.3. The first-order valence-electron chi connectivity index (χ1n) is 16.8. The van der Waals surface area contributed by atoms with Gasteiger partial charge < -0.3 is 15.0 Å². The van der Waals surface area contributed by atoms with Crippen LogP contribution in [-0.4, -0.2) is 61.2 Å². The first kappa shape index (κ1) is 31.2. The Morgan fingerprint density at radius 2 is 1.90 bits per heavy atom. The lowest BCUT2D eigenvalue weighted by molar-refractivity contribution is -0.129. The zero-order chi connectivity index (χ0) is 29.7. The fourth-order valence-corrected chi connectivity index (χ4v) is 9.91. The summed E-state index contributed by atoms with van der Waals surface area (Å²) in [5, 5.41) is 8.01. The Balaban J connectivity index is 1.26. The van der Waals surface area contributed by atoms with Crippen molar-refractivity contribution in [3.8, 4) is 0 Å². The maximum Gasteiger partial charge on any atom is 0.436 e. The third-order valence-electron chi connectivity index (χ3n) is 12.2. The van der Waals surface area contributed by atoms with Gasteiger partial charge in [-0.15, -0.1) is 0 Å². The van der Waals surface area contributed by atoms with Crippen molar-refractivity contribution >= 4 is 24.1 Å². The van der Waals surface area contributed by atoms with Gasteiger partial charge in [-0.3, -0.25) is 14.4 Å². The number of carbonyl (C=O) groups excluding carboxylic acids is 3. The molecule has 0 bridgehead atoms. The largest absolute Gasteiger partial charge is 0.466 e. The summed E-state index contributed by atoms with van der Waals surface area (Å²) in [5.41, 5.74) is 2.64. The van der Waals surface area contributed by atoms with Crippen LogP contribution in [0.1, 0.15) is 111 Å². The molecule has 1 saturated heterocycles. The molecule has 5 aliphatic rings. The normalized spacial score (nSPS) is 36.8. The fraction of sp³-hybridized carbons (Fsp3) is 0.824. The van der Waals surface area contributed by atoms with Crippen LogP contribution in [0.15, 0.2) is 16.8 Å². The predicted octanol–water partition coefficient (Wildman–Crippen LogP) is 6.43. The van der Waals surface area contributed by atoms with Crippen LogP contribution in [0.25, 0.3) is 0 Å². The molecule has 0 aromatic rings. The lowest BCUT2D eigenvalue weighted by atomic mass is 9.58. The molecule has 0 aromatic carbocycles. The van der Waals surface area contributed by atoms with Crippen molar-refractivity contribution in [3.05, 3.63) is 11.6 Å². The third-order valence-corrected chi connectivity index (χ3v) is 12.2. The van der Waals surface area contributed by atoms with Gasteiger partial charge in [-0.1, -0.05) is 37.4 Å². The average Bonchev–Trinajstić information content (AvgIpc) is 3.16. The van der Waals surface area contributed by atoms with E-state index in [1.165, 1.54) is 56.9 Å². The summed E-state index contributed by atoms with van der Waals surface area (Å²) in [6, 6.07) is 0.396. The van der Waals surface area contributed by atoms with Gasteiger partial charge in [-0.05, 0) is 119 Å². The Bertz CT molecular complexity index is 1050. The molecule has 8 nitrogen and oxygen atoms in total. The number of nitrogens with zero attached hydrogens (tertiary/aromatic N) is 2. The molecular weight excluding hydrogens is 530 g/mol. The van der Waals surface area contributed by atoms with E-state index in [-0.39, 0.29) is 17.4 Å². The molecule has 1 heterocycles. The van der Waals surface area contributed by atoms with Gasteiger partial charge in [0.2, 0.25) is 0 Å². The Kier molecular flexibility index (Phi) is 10.1. The van der Waals surface area contributed by atoms with E-state index in [1.807, 2.05) is 13.0 Å². The van der Waals surface area contributed by atoms with Gasteiger partial charge >= 0.3 is 6.09 Å². The van der Waals surface area contributed by atoms with E-state index in [9.17, 15) is 14.4 Å². The van der Waals surface area contributed by atoms with Crippen molar-refractivity contribution in [1.29, 1.82) is 0 Å². The average molecular weight is 584 g/mol. The molecule has 1 amide bonds. The maximum atomic E-state index is 13.2. The zero-order valence-corrected chi connectivity index (χ0v) is 26.2. The van der Waals surface area contributed by atoms with Crippen molar-refractivity contribution in [2.45, 2.75) is 117 Å². The summed E-state index contributed by atoms with van der Waals surface area (Å²) in [7, 11) is 0. The number of amides is 1. The van der Waals surface area contributed by atoms with Gasteiger partial charge in [-0.2, -0.15) is 0 Å². The maximum absolute atomic E-state index is 13.2. The van der Waals surface area contributed by atoms with Crippen LogP contribution in [0.4, 0.5) is 4.79 Å². The number of carbonyl (C=O) groups is 3. The molecule has 42 heavy (non-hydrogen) atoms. The molecule has 0 aromatic heterocycles. The number of allylic oxidation sites excluding steroid dienone is 2. The Hall–Kier alpha value is -2.22. The van der Waals surface area contributed by atoms with E-state index < -0.39 is 6.09 Å². The molecule has 7 atom stereocenters. The number of ketones is 1. The minimum absolute atomic E-state index is 0.138. The summed E-state index contributed by atoms with van der Waals surface area (Å²) < 4.78 is 4.89. The highest BCUT2D eigenvalue weighted by molar-refractivity contribution is 5.91. The monoisotopic (exact) mass is 583 g/mol. The van der Waals surface area contributed by atoms with Crippen LogP contribution in [0.3, 0.4) is 0 Å². The second-order valence-corrected chi connectivity index (χ2v) is 14.3. The number of rotatable bonds is 9.